The van der Waals surface area contributed by atoms with Gasteiger partial charge in [0.05, 0.1) is 11.3 Å². The zero-order chi connectivity index (χ0) is 16.0. The minimum absolute atomic E-state index is 0.565. The van der Waals surface area contributed by atoms with E-state index < -0.39 is 5.60 Å². The van der Waals surface area contributed by atoms with Crippen molar-refractivity contribution < 1.29 is 5.11 Å². The molecular formula is C16H28N4OS. The highest BCUT2D eigenvalue weighted by atomic mass is 32.2. The van der Waals surface area contributed by atoms with E-state index in [0.29, 0.717) is 13.1 Å². The minimum atomic E-state index is -0.683. The predicted octanol–water partition coefficient (Wildman–Crippen LogP) is 1.98. The maximum absolute atomic E-state index is 10.2. The Kier molecular flexibility index (Phi) is 6.47. The maximum Gasteiger partial charge on any atom is 0.225 e. The average Bonchev–Trinajstić information content (AvgIpc) is 2.47. The van der Waals surface area contributed by atoms with E-state index in [2.05, 4.69) is 20.2 Å². The Labute approximate surface area is 137 Å². The fraction of sp³-hybridized carbons (Fsp3) is 0.750. The van der Waals surface area contributed by atoms with Crippen molar-refractivity contribution >= 4 is 17.7 Å². The molecule has 1 aromatic rings. The average molecular weight is 324 g/mol. The van der Waals surface area contributed by atoms with Gasteiger partial charge in [-0.1, -0.05) is 0 Å². The molecule has 2 heterocycles. The lowest BCUT2D eigenvalue weighted by Gasteiger charge is -2.27. The number of aryl methyl sites for hydroxylation is 1. The lowest BCUT2D eigenvalue weighted by atomic mass is 10.1. The van der Waals surface area contributed by atoms with Crippen LogP contribution in [0.25, 0.3) is 0 Å². The van der Waals surface area contributed by atoms with Crippen LogP contribution < -0.4 is 10.2 Å². The molecule has 1 aliphatic rings. The zero-order valence-electron chi connectivity index (χ0n) is 13.9. The number of anilines is 1. The molecule has 22 heavy (non-hydrogen) atoms. The van der Waals surface area contributed by atoms with Gasteiger partial charge in [-0.25, -0.2) is 9.97 Å². The van der Waals surface area contributed by atoms with Gasteiger partial charge in [-0.3, -0.25) is 0 Å². The Balaban J connectivity index is 1.94. The van der Waals surface area contributed by atoms with Crippen LogP contribution in [-0.4, -0.2) is 52.3 Å². The first-order valence-corrected chi connectivity index (χ1v) is 9.41. The molecule has 2 N–H and O–H groups in total. The zero-order valence-corrected chi connectivity index (χ0v) is 14.7. The summed E-state index contributed by atoms with van der Waals surface area (Å²) in [5, 5.41) is 13.5. The lowest BCUT2D eigenvalue weighted by molar-refractivity contribution is 0.0845. The van der Waals surface area contributed by atoms with Crippen molar-refractivity contribution in [3.05, 3.63) is 17.5 Å². The number of piperidine rings is 1. The third-order valence-corrected chi connectivity index (χ3v) is 4.71. The topological polar surface area (TPSA) is 61.3 Å². The van der Waals surface area contributed by atoms with Crippen molar-refractivity contribution in [3.63, 3.8) is 0 Å². The van der Waals surface area contributed by atoms with Crippen LogP contribution in [0, 0.1) is 6.92 Å². The number of nitrogens with one attached hydrogen (secondary N) is 1. The molecule has 1 saturated heterocycles. The van der Waals surface area contributed by atoms with Crippen LogP contribution in [0.2, 0.25) is 0 Å². The van der Waals surface area contributed by atoms with Gasteiger partial charge in [0, 0.05) is 37.6 Å². The summed E-state index contributed by atoms with van der Waals surface area (Å²) in [6, 6.07) is 2.02. The largest absolute Gasteiger partial charge is 0.388 e. The van der Waals surface area contributed by atoms with Gasteiger partial charge in [0.1, 0.15) is 0 Å². The third kappa shape index (κ3) is 5.41. The van der Waals surface area contributed by atoms with Crippen LogP contribution in [0.1, 0.15) is 37.6 Å². The van der Waals surface area contributed by atoms with Gasteiger partial charge in [0.15, 0.2) is 0 Å². The monoisotopic (exact) mass is 324 g/mol. The van der Waals surface area contributed by atoms with Crippen molar-refractivity contribution in [1.82, 2.24) is 15.3 Å². The number of aromatic nitrogens is 2. The van der Waals surface area contributed by atoms with Gasteiger partial charge in [0.25, 0.3) is 0 Å². The molecule has 0 radical (unpaired) electrons. The molecule has 0 aliphatic carbocycles. The van der Waals surface area contributed by atoms with Crippen LogP contribution in [0.15, 0.2) is 6.07 Å². The summed E-state index contributed by atoms with van der Waals surface area (Å²) in [6.45, 7) is 7.21. The summed E-state index contributed by atoms with van der Waals surface area (Å²) in [4.78, 5) is 11.5. The molecule has 1 fully saturated rings. The van der Waals surface area contributed by atoms with Gasteiger partial charge in [-0.05, 0) is 45.4 Å². The normalized spacial score (nSPS) is 18.3. The van der Waals surface area contributed by atoms with E-state index in [1.807, 2.05) is 26.2 Å². The Hall–Kier alpha value is -0.850. The number of nitrogens with zero attached hydrogens (tertiary/aromatic N) is 3. The fourth-order valence-electron chi connectivity index (χ4n) is 2.76. The van der Waals surface area contributed by atoms with Gasteiger partial charge in [0.2, 0.25) is 5.95 Å². The van der Waals surface area contributed by atoms with Crippen LogP contribution in [0.4, 0.5) is 5.95 Å². The summed E-state index contributed by atoms with van der Waals surface area (Å²) < 4.78 is 0. The number of rotatable bonds is 7. The first-order valence-electron chi connectivity index (χ1n) is 8.02. The number of hydrogen-bond donors (Lipinski definition) is 2. The smallest absolute Gasteiger partial charge is 0.225 e. The van der Waals surface area contributed by atoms with Crippen molar-refractivity contribution in [2.24, 2.45) is 0 Å². The van der Waals surface area contributed by atoms with Crippen molar-refractivity contribution in [2.75, 3.05) is 36.5 Å². The Bertz CT molecular complexity index is 475. The molecule has 0 aromatic carbocycles. The van der Waals surface area contributed by atoms with E-state index in [1.54, 1.807) is 11.8 Å². The maximum atomic E-state index is 10.2. The Morgan fingerprint density at radius 2 is 2.05 bits per heavy atom. The second-order valence-electron chi connectivity index (χ2n) is 6.38. The molecule has 1 aromatic heterocycles. The standard InChI is InChI=1S/C16H28N4OS/c1-13-9-14(10-17-11-16(2,21)12-22-3)19-15(18-13)20-7-5-4-6-8-20/h9,17,21H,4-8,10-12H2,1-3H3. The van der Waals surface area contributed by atoms with E-state index in [0.717, 1.165) is 36.2 Å². The molecule has 5 nitrogen and oxygen atoms in total. The van der Waals surface area contributed by atoms with Crippen molar-refractivity contribution in [2.45, 2.75) is 45.3 Å². The van der Waals surface area contributed by atoms with Crippen LogP contribution in [0.5, 0.6) is 0 Å². The van der Waals surface area contributed by atoms with Crippen molar-refractivity contribution in [1.29, 1.82) is 0 Å². The number of thioether (sulfide) groups is 1. The summed E-state index contributed by atoms with van der Waals surface area (Å²) in [5.41, 5.74) is 1.31. The molecule has 0 bridgehead atoms. The highest BCUT2D eigenvalue weighted by Crippen LogP contribution is 2.17. The van der Waals surface area contributed by atoms with Crippen molar-refractivity contribution in [3.8, 4) is 0 Å². The molecule has 6 heteroatoms. The predicted molar refractivity (Wildman–Crippen MR) is 93.5 cm³/mol. The fourth-order valence-corrected chi connectivity index (χ4v) is 3.49. The van der Waals surface area contributed by atoms with E-state index in [-0.39, 0.29) is 0 Å². The van der Waals surface area contributed by atoms with Gasteiger partial charge in [-0.15, -0.1) is 0 Å². The van der Waals surface area contributed by atoms with E-state index in [4.69, 9.17) is 0 Å². The molecule has 1 aliphatic heterocycles. The first-order chi connectivity index (χ1) is 10.5. The molecular weight excluding hydrogens is 296 g/mol. The molecule has 124 valence electrons. The molecule has 0 saturated carbocycles. The number of hydrogen-bond acceptors (Lipinski definition) is 6. The minimum Gasteiger partial charge on any atom is -0.388 e. The molecule has 1 atom stereocenters. The molecule has 2 rings (SSSR count). The van der Waals surface area contributed by atoms with Crippen LogP contribution >= 0.6 is 11.8 Å². The summed E-state index contributed by atoms with van der Waals surface area (Å²) in [6.07, 6.45) is 5.76. The van der Waals surface area contributed by atoms with Gasteiger partial charge >= 0.3 is 0 Å². The van der Waals surface area contributed by atoms with E-state index in [9.17, 15) is 5.11 Å². The molecule has 0 spiro atoms. The second kappa shape index (κ2) is 8.13. The van der Waals surface area contributed by atoms with Crippen LogP contribution in [0.3, 0.4) is 0 Å². The van der Waals surface area contributed by atoms with E-state index in [1.165, 1.54) is 19.3 Å². The van der Waals surface area contributed by atoms with Gasteiger partial charge < -0.3 is 15.3 Å². The Morgan fingerprint density at radius 1 is 1.32 bits per heavy atom. The number of aliphatic hydroxyl groups is 1. The van der Waals surface area contributed by atoms with E-state index >= 15 is 0 Å². The highest BCUT2D eigenvalue weighted by Gasteiger charge is 2.19. The third-order valence-electron chi connectivity index (χ3n) is 3.80. The molecule has 1 unspecified atom stereocenters. The molecule has 0 amide bonds. The SMILES string of the molecule is CSCC(C)(O)CNCc1cc(C)nc(N2CCCCC2)n1. The summed E-state index contributed by atoms with van der Waals surface area (Å²) in [7, 11) is 0. The highest BCUT2D eigenvalue weighted by molar-refractivity contribution is 7.98. The quantitative estimate of drug-likeness (QED) is 0.800. The first kappa shape index (κ1) is 17.5. The summed E-state index contributed by atoms with van der Waals surface area (Å²) in [5.74, 6) is 1.58. The van der Waals surface area contributed by atoms with Crippen LogP contribution in [-0.2, 0) is 6.54 Å². The lowest BCUT2D eigenvalue weighted by Crippen LogP contribution is -2.40. The summed E-state index contributed by atoms with van der Waals surface area (Å²) >= 11 is 1.66. The Morgan fingerprint density at radius 3 is 2.73 bits per heavy atom. The second-order valence-corrected chi connectivity index (χ2v) is 7.25. The van der Waals surface area contributed by atoms with Gasteiger partial charge in [-0.2, -0.15) is 11.8 Å².